The van der Waals surface area contributed by atoms with Gasteiger partial charge in [0, 0.05) is 11.1 Å². The van der Waals surface area contributed by atoms with Gasteiger partial charge >= 0.3 is 0 Å². The van der Waals surface area contributed by atoms with Gasteiger partial charge in [0.1, 0.15) is 9.98 Å². The van der Waals surface area contributed by atoms with E-state index < -0.39 is 6.04 Å². The van der Waals surface area contributed by atoms with E-state index in [1.807, 2.05) is 78.9 Å². The molecule has 0 aliphatic carbocycles. The number of nitrogens with two attached hydrogens (primary N) is 1. The number of hydrogen-bond acceptors (Lipinski definition) is 3. The minimum Gasteiger partial charge on any atom is -0.389 e. The Kier molecular flexibility index (Phi) is 6.86. The Morgan fingerprint density at radius 2 is 1.38 bits per heavy atom. The van der Waals surface area contributed by atoms with Gasteiger partial charge in [0.25, 0.3) is 0 Å². The molecule has 3 nitrogen and oxygen atoms in total. The molecule has 0 bridgehead atoms. The second kappa shape index (κ2) is 9.54. The molecule has 0 aliphatic rings. The average molecular weight is 419 g/mol. The third-order valence-electron chi connectivity index (χ3n) is 4.73. The number of ketones is 1. The average Bonchev–Trinajstić information content (AvgIpc) is 2.74. The first-order valence-corrected chi connectivity index (χ1v) is 10.1. The van der Waals surface area contributed by atoms with Gasteiger partial charge in [-0.15, -0.1) is 0 Å². The lowest BCUT2D eigenvalue weighted by Crippen LogP contribution is -2.41. The summed E-state index contributed by atoms with van der Waals surface area (Å²) in [5.41, 5.74) is 10.5. The first-order valence-electron chi connectivity index (χ1n) is 9.31. The summed E-state index contributed by atoms with van der Waals surface area (Å²) in [6.45, 7) is 1.58. The first-order chi connectivity index (χ1) is 14.0. The molecule has 29 heavy (non-hydrogen) atoms. The number of carbonyl (C=O) groups is 1. The monoisotopic (exact) mass is 418 g/mol. The van der Waals surface area contributed by atoms with E-state index in [1.165, 1.54) is 0 Å². The lowest BCUT2D eigenvalue weighted by molar-refractivity contribution is -0.118. The Bertz CT molecular complexity index is 1050. The molecule has 0 unspecified atom stereocenters. The lowest BCUT2D eigenvalue weighted by Gasteiger charge is -2.20. The first kappa shape index (κ1) is 20.8. The molecule has 0 heterocycles. The molecule has 5 heteroatoms. The zero-order valence-corrected chi connectivity index (χ0v) is 17.7. The largest absolute Gasteiger partial charge is 0.389 e. The predicted molar refractivity (Wildman–Crippen MR) is 127 cm³/mol. The molecule has 3 rings (SSSR count). The molecule has 0 aromatic heterocycles. The predicted octanol–water partition coefficient (Wildman–Crippen LogP) is 4.45. The van der Waals surface area contributed by atoms with Crippen molar-refractivity contribution in [3.05, 3.63) is 95.6 Å². The maximum atomic E-state index is 12.3. The Morgan fingerprint density at radius 3 is 1.97 bits per heavy atom. The second-order valence-corrected chi connectivity index (χ2v) is 7.63. The van der Waals surface area contributed by atoms with Gasteiger partial charge in [0.2, 0.25) is 0 Å². The summed E-state index contributed by atoms with van der Waals surface area (Å²) in [5, 5.41) is 3.26. The van der Waals surface area contributed by atoms with Crippen LogP contribution in [-0.4, -0.2) is 21.8 Å². The maximum Gasteiger partial charge on any atom is 0.152 e. The fourth-order valence-electron chi connectivity index (χ4n) is 3.23. The Labute approximate surface area is 182 Å². The van der Waals surface area contributed by atoms with Gasteiger partial charge in [-0.1, -0.05) is 103 Å². The zero-order chi connectivity index (χ0) is 20.8. The van der Waals surface area contributed by atoms with Crippen LogP contribution in [0.5, 0.6) is 0 Å². The molecule has 3 aromatic carbocycles. The normalized spacial score (nSPS) is 11.5. The maximum absolute atomic E-state index is 12.3. The van der Waals surface area contributed by atoms with Crippen LogP contribution in [0.4, 0.5) is 0 Å². The van der Waals surface area contributed by atoms with Crippen molar-refractivity contribution >= 4 is 40.2 Å². The highest BCUT2D eigenvalue weighted by atomic mass is 32.1. The molecule has 0 spiro atoms. The van der Waals surface area contributed by atoms with Crippen LogP contribution in [0.3, 0.4) is 0 Å². The number of thiocarbonyl (C=S) groups is 2. The van der Waals surface area contributed by atoms with Gasteiger partial charge in [-0.25, -0.2) is 0 Å². The Morgan fingerprint density at radius 1 is 0.862 bits per heavy atom. The summed E-state index contributed by atoms with van der Waals surface area (Å²) in [4.78, 5) is 13.1. The van der Waals surface area contributed by atoms with E-state index in [1.54, 1.807) is 6.92 Å². The minimum absolute atomic E-state index is 0.0391. The van der Waals surface area contributed by atoms with Crippen LogP contribution in [-0.2, 0) is 11.2 Å². The fraction of sp³-hybridized carbons (Fsp3) is 0.125. The van der Waals surface area contributed by atoms with Gasteiger partial charge in [-0.05, 0) is 30.0 Å². The molecule has 3 aromatic rings. The van der Waals surface area contributed by atoms with Crippen LogP contribution in [0.2, 0.25) is 0 Å². The van der Waals surface area contributed by atoms with Gasteiger partial charge in [0.15, 0.2) is 5.78 Å². The zero-order valence-electron chi connectivity index (χ0n) is 16.1. The SMILES string of the molecule is CC(=O)[C@H](Cc1ccccc1)NC(=S)c1ccccc1-c1ccccc1C(N)=S. The van der Waals surface area contributed by atoms with E-state index >= 15 is 0 Å². The van der Waals surface area contributed by atoms with E-state index in [0.717, 1.165) is 27.8 Å². The summed E-state index contributed by atoms with van der Waals surface area (Å²) in [5.74, 6) is 0.0391. The molecule has 146 valence electrons. The molecule has 0 fully saturated rings. The highest BCUT2D eigenvalue weighted by Gasteiger charge is 2.19. The topological polar surface area (TPSA) is 55.1 Å². The number of carbonyl (C=O) groups excluding carboxylic acids is 1. The third-order valence-corrected chi connectivity index (χ3v) is 5.29. The smallest absolute Gasteiger partial charge is 0.152 e. The minimum atomic E-state index is -0.399. The standard InChI is InChI=1S/C24H22N2OS2/c1-16(27)22(15-17-9-3-2-4-10-17)26-24(29)21-14-8-6-12-19(21)18-11-5-7-13-20(18)23(25)28/h2-14,22H,15H2,1H3,(H2,25,28)(H,26,29)/t22-/m0/s1. The summed E-state index contributed by atoms with van der Waals surface area (Å²) in [7, 11) is 0. The highest BCUT2D eigenvalue weighted by Crippen LogP contribution is 2.27. The molecule has 3 N–H and O–H groups in total. The van der Waals surface area contributed by atoms with Crippen LogP contribution in [0.15, 0.2) is 78.9 Å². The Hall–Kier alpha value is -2.89. The van der Waals surface area contributed by atoms with Gasteiger partial charge < -0.3 is 11.1 Å². The summed E-state index contributed by atoms with van der Waals surface area (Å²) >= 11 is 10.9. The Balaban J connectivity index is 1.92. The van der Waals surface area contributed by atoms with Crippen molar-refractivity contribution in [1.29, 1.82) is 0 Å². The van der Waals surface area contributed by atoms with E-state index in [2.05, 4.69) is 5.32 Å². The van der Waals surface area contributed by atoms with E-state index in [9.17, 15) is 4.79 Å². The van der Waals surface area contributed by atoms with Crippen LogP contribution < -0.4 is 11.1 Å². The quantitative estimate of drug-likeness (QED) is 0.555. The van der Waals surface area contributed by atoms with Crippen LogP contribution in [0.1, 0.15) is 23.6 Å². The molecular weight excluding hydrogens is 396 g/mol. The van der Waals surface area contributed by atoms with Crippen LogP contribution in [0, 0.1) is 0 Å². The van der Waals surface area contributed by atoms with Crippen LogP contribution in [0.25, 0.3) is 11.1 Å². The van der Waals surface area contributed by atoms with Crippen molar-refractivity contribution in [1.82, 2.24) is 5.32 Å². The van der Waals surface area contributed by atoms with Gasteiger partial charge in [-0.3, -0.25) is 4.79 Å². The molecule has 1 atom stereocenters. The fourth-order valence-corrected chi connectivity index (χ4v) is 3.73. The molecule has 0 saturated carbocycles. The number of rotatable bonds is 7. The number of hydrogen-bond donors (Lipinski definition) is 2. The molecule has 0 radical (unpaired) electrons. The van der Waals surface area contributed by atoms with Crippen molar-refractivity contribution < 1.29 is 4.79 Å². The number of nitrogens with one attached hydrogen (secondary N) is 1. The second-order valence-electron chi connectivity index (χ2n) is 6.78. The van der Waals surface area contributed by atoms with Crippen molar-refractivity contribution in [2.75, 3.05) is 0 Å². The molecular formula is C24H22N2OS2. The van der Waals surface area contributed by atoms with E-state index in [4.69, 9.17) is 30.2 Å². The summed E-state index contributed by atoms with van der Waals surface area (Å²) in [6.07, 6.45) is 0.571. The number of benzene rings is 3. The van der Waals surface area contributed by atoms with Gasteiger partial charge in [0.05, 0.1) is 6.04 Å². The number of Topliss-reactive ketones (excluding diaryl/α,β-unsaturated/α-hetero) is 1. The van der Waals surface area contributed by atoms with E-state index in [0.29, 0.717) is 16.4 Å². The lowest BCUT2D eigenvalue weighted by atomic mass is 9.94. The van der Waals surface area contributed by atoms with Crippen molar-refractivity contribution in [3.8, 4) is 11.1 Å². The van der Waals surface area contributed by atoms with Crippen molar-refractivity contribution in [2.45, 2.75) is 19.4 Å². The molecule has 0 aliphatic heterocycles. The molecule has 0 saturated heterocycles. The third kappa shape index (κ3) is 5.13. The van der Waals surface area contributed by atoms with Gasteiger partial charge in [-0.2, -0.15) is 0 Å². The van der Waals surface area contributed by atoms with Crippen LogP contribution >= 0.6 is 24.4 Å². The van der Waals surface area contributed by atoms with Crippen molar-refractivity contribution in [2.24, 2.45) is 5.73 Å². The van der Waals surface area contributed by atoms with Crippen molar-refractivity contribution in [3.63, 3.8) is 0 Å². The summed E-state index contributed by atoms with van der Waals surface area (Å²) in [6, 6.07) is 25.0. The molecule has 0 amide bonds. The van der Waals surface area contributed by atoms with E-state index in [-0.39, 0.29) is 5.78 Å². The summed E-state index contributed by atoms with van der Waals surface area (Å²) < 4.78 is 0. The highest BCUT2D eigenvalue weighted by molar-refractivity contribution is 7.81.